The molecule has 1 heterocycles. The number of benzene rings is 1. The van der Waals surface area contributed by atoms with Gasteiger partial charge in [0.2, 0.25) is 5.88 Å². The minimum atomic E-state index is -5.77. The van der Waals surface area contributed by atoms with E-state index in [0.29, 0.717) is 10.8 Å². The first-order chi connectivity index (χ1) is 9.10. The molecule has 2 aromatic rings. The first-order valence-corrected chi connectivity index (χ1v) is 7.02. The average molecular weight is 346 g/mol. The molecule has 0 aliphatic rings. The van der Waals surface area contributed by atoms with Gasteiger partial charge < -0.3 is 4.18 Å². The highest BCUT2D eigenvalue weighted by atomic mass is 35.5. The quantitative estimate of drug-likeness (QED) is 0.614. The van der Waals surface area contributed by atoms with Crippen LogP contribution in [0.5, 0.6) is 5.88 Å². The van der Waals surface area contributed by atoms with Crippen LogP contribution < -0.4 is 4.18 Å². The Bertz CT molecular complexity index is 777. The van der Waals surface area contributed by atoms with Gasteiger partial charge in [-0.15, -0.1) is 0 Å². The minimum absolute atomic E-state index is 0.227. The van der Waals surface area contributed by atoms with E-state index in [2.05, 4.69) is 9.17 Å². The normalized spacial score (nSPS) is 12.7. The Morgan fingerprint density at radius 3 is 2.40 bits per heavy atom. The van der Waals surface area contributed by atoms with E-state index in [-0.39, 0.29) is 10.0 Å². The van der Waals surface area contributed by atoms with E-state index in [9.17, 15) is 21.6 Å². The molecule has 4 nitrogen and oxygen atoms in total. The van der Waals surface area contributed by atoms with Crippen LogP contribution in [0.2, 0.25) is 10.0 Å². The molecule has 0 saturated heterocycles. The Kier molecular flexibility index (Phi) is 3.74. The number of rotatable bonds is 2. The van der Waals surface area contributed by atoms with Crippen molar-refractivity contribution in [3.05, 3.63) is 34.4 Å². The van der Waals surface area contributed by atoms with Crippen LogP contribution in [0, 0.1) is 0 Å². The van der Waals surface area contributed by atoms with Gasteiger partial charge in [-0.25, -0.2) is 4.98 Å². The lowest BCUT2D eigenvalue weighted by molar-refractivity contribution is -0.0501. The highest BCUT2D eigenvalue weighted by Crippen LogP contribution is 2.31. The fourth-order valence-electron chi connectivity index (χ4n) is 1.36. The smallest absolute Gasteiger partial charge is 0.355 e. The Balaban J connectivity index is 2.48. The Morgan fingerprint density at radius 2 is 1.80 bits per heavy atom. The molecule has 1 aromatic carbocycles. The third-order valence-electron chi connectivity index (χ3n) is 2.20. The fraction of sp³-hybridized carbons (Fsp3) is 0.100. The summed E-state index contributed by atoms with van der Waals surface area (Å²) in [6.45, 7) is 0. The van der Waals surface area contributed by atoms with Crippen LogP contribution in [0.4, 0.5) is 13.2 Å². The van der Waals surface area contributed by atoms with Crippen molar-refractivity contribution < 1.29 is 25.8 Å². The summed E-state index contributed by atoms with van der Waals surface area (Å²) in [6, 6.07) is 3.80. The summed E-state index contributed by atoms with van der Waals surface area (Å²) >= 11 is 11.6. The zero-order valence-corrected chi connectivity index (χ0v) is 11.6. The molecule has 10 heteroatoms. The molecule has 0 atom stereocenters. The number of alkyl halides is 3. The molecule has 0 amide bonds. The van der Waals surface area contributed by atoms with Crippen molar-refractivity contribution in [2.24, 2.45) is 0 Å². The molecule has 0 unspecified atom stereocenters. The molecule has 0 N–H and O–H groups in total. The van der Waals surface area contributed by atoms with Crippen molar-refractivity contribution in [1.82, 2.24) is 4.98 Å². The number of halogens is 5. The summed E-state index contributed by atoms with van der Waals surface area (Å²) in [7, 11) is -5.77. The van der Waals surface area contributed by atoms with Gasteiger partial charge in [-0.1, -0.05) is 23.2 Å². The molecule has 0 bridgehead atoms. The van der Waals surface area contributed by atoms with Crippen LogP contribution >= 0.6 is 23.2 Å². The lowest BCUT2D eigenvalue weighted by Gasteiger charge is -2.09. The van der Waals surface area contributed by atoms with Crippen LogP contribution in [0.15, 0.2) is 24.4 Å². The molecule has 108 valence electrons. The molecular weight excluding hydrogens is 342 g/mol. The molecule has 0 saturated carbocycles. The topological polar surface area (TPSA) is 56.3 Å². The van der Waals surface area contributed by atoms with Gasteiger partial charge >= 0.3 is 15.6 Å². The summed E-state index contributed by atoms with van der Waals surface area (Å²) in [5.74, 6) is -0.729. The second kappa shape index (κ2) is 4.94. The maximum Gasteiger partial charge on any atom is 0.534 e. The molecule has 0 aliphatic heterocycles. The summed E-state index contributed by atoms with van der Waals surface area (Å²) in [5, 5.41) is 1.15. The van der Waals surface area contributed by atoms with Crippen LogP contribution in [0.25, 0.3) is 10.8 Å². The van der Waals surface area contributed by atoms with E-state index in [0.717, 1.165) is 12.3 Å². The summed E-state index contributed by atoms with van der Waals surface area (Å²) in [6.07, 6.45) is 1.09. The monoisotopic (exact) mass is 345 g/mol. The highest BCUT2D eigenvalue weighted by molar-refractivity contribution is 7.87. The number of fused-ring (bicyclic) bond motifs is 1. The first kappa shape index (κ1) is 15.1. The molecular formula is C10H4Cl2F3NO3S. The Hall–Kier alpha value is -1.25. The van der Waals surface area contributed by atoms with Gasteiger partial charge in [0.1, 0.15) is 0 Å². The maximum atomic E-state index is 12.2. The molecule has 2 rings (SSSR count). The lowest BCUT2D eigenvalue weighted by Crippen LogP contribution is -2.28. The summed E-state index contributed by atoms with van der Waals surface area (Å²) < 4.78 is 62.1. The third-order valence-corrected chi connectivity index (χ3v) is 3.69. The van der Waals surface area contributed by atoms with E-state index >= 15 is 0 Å². The predicted octanol–water partition coefficient (Wildman–Crippen LogP) is 3.77. The molecule has 0 spiro atoms. The van der Waals surface area contributed by atoms with E-state index in [1.54, 1.807) is 0 Å². The molecule has 20 heavy (non-hydrogen) atoms. The number of pyridine rings is 1. The van der Waals surface area contributed by atoms with Crippen LogP contribution in [-0.4, -0.2) is 18.9 Å². The van der Waals surface area contributed by atoms with Crippen LogP contribution in [0.3, 0.4) is 0 Å². The molecule has 0 aliphatic carbocycles. The van der Waals surface area contributed by atoms with Gasteiger partial charge in [0.15, 0.2) is 0 Å². The second-order valence-corrected chi connectivity index (χ2v) is 6.00. The molecule has 1 aromatic heterocycles. The predicted molar refractivity (Wildman–Crippen MR) is 67.4 cm³/mol. The van der Waals surface area contributed by atoms with E-state index < -0.39 is 21.5 Å². The standard InChI is InChI=1S/C10H4Cl2F3NO3S/c11-6-1-5-2-9(16-4-7(5)8(12)3-6)19-20(17,18)10(13,14)15/h1-4H. The SMILES string of the molecule is O=S(=O)(Oc1cc2cc(Cl)cc(Cl)c2cn1)C(F)(F)F. The van der Waals surface area contributed by atoms with Crippen molar-refractivity contribution in [2.45, 2.75) is 5.51 Å². The number of aromatic nitrogens is 1. The Labute approximate surface area is 121 Å². The third kappa shape index (κ3) is 2.92. The van der Waals surface area contributed by atoms with Gasteiger partial charge in [0.05, 0.1) is 5.02 Å². The van der Waals surface area contributed by atoms with Crippen molar-refractivity contribution >= 4 is 44.1 Å². The van der Waals surface area contributed by atoms with E-state index in [1.165, 1.54) is 12.1 Å². The van der Waals surface area contributed by atoms with Gasteiger partial charge in [0.25, 0.3) is 0 Å². The fourth-order valence-corrected chi connectivity index (χ4v) is 2.33. The summed E-state index contributed by atoms with van der Waals surface area (Å²) in [4.78, 5) is 3.47. The van der Waals surface area contributed by atoms with Crippen molar-refractivity contribution in [3.63, 3.8) is 0 Å². The zero-order valence-electron chi connectivity index (χ0n) is 9.28. The highest BCUT2D eigenvalue weighted by Gasteiger charge is 2.48. The molecule has 0 radical (unpaired) electrons. The van der Waals surface area contributed by atoms with Crippen LogP contribution in [0.1, 0.15) is 0 Å². The van der Waals surface area contributed by atoms with Gasteiger partial charge in [-0.3, -0.25) is 0 Å². The minimum Gasteiger partial charge on any atom is -0.355 e. The van der Waals surface area contributed by atoms with E-state index in [1.807, 2.05) is 0 Å². The number of hydrogen-bond donors (Lipinski definition) is 0. The second-order valence-electron chi connectivity index (χ2n) is 3.61. The molecule has 0 fully saturated rings. The zero-order chi connectivity index (χ0) is 15.1. The average Bonchev–Trinajstić information content (AvgIpc) is 2.25. The van der Waals surface area contributed by atoms with Crippen molar-refractivity contribution in [1.29, 1.82) is 0 Å². The van der Waals surface area contributed by atoms with Crippen LogP contribution in [-0.2, 0) is 10.1 Å². The largest absolute Gasteiger partial charge is 0.534 e. The lowest BCUT2D eigenvalue weighted by atomic mass is 10.2. The number of hydrogen-bond acceptors (Lipinski definition) is 4. The van der Waals surface area contributed by atoms with Gasteiger partial charge in [0, 0.05) is 22.7 Å². The summed E-state index contributed by atoms with van der Waals surface area (Å²) in [5.41, 5.74) is -5.53. The first-order valence-electron chi connectivity index (χ1n) is 4.86. The van der Waals surface area contributed by atoms with Crippen molar-refractivity contribution in [3.8, 4) is 5.88 Å². The van der Waals surface area contributed by atoms with Gasteiger partial charge in [-0.05, 0) is 17.5 Å². The van der Waals surface area contributed by atoms with Crippen molar-refractivity contribution in [2.75, 3.05) is 0 Å². The number of nitrogens with zero attached hydrogens (tertiary/aromatic N) is 1. The maximum absolute atomic E-state index is 12.2. The van der Waals surface area contributed by atoms with E-state index in [4.69, 9.17) is 23.2 Å². The van der Waals surface area contributed by atoms with Gasteiger partial charge in [-0.2, -0.15) is 21.6 Å². The Morgan fingerprint density at radius 1 is 1.15 bits per heavy atom.